The zero-order chi connectivity index (χ0) is 21.3. The standard InChI is InChI=1S/C21H28N4O3S/c1-13(2)10-11-21(4)19(27)25(20(28)23-21)12-17(26)24(5)14(3)18-22-15-8-6-7-9-16(15)29-18/h6-9,13-14H,10-12H2,1-5H3,(H,23,28)/t14-,21+/m0/s1. The SMILES string of the molecule is CC(C)CC[C@@]1(C)NC(=O)N(CC(=O)N(C)[C@@H](C)c2nc3ccccc3s2)C1=O. The van der Waals surface area contributed by atoms with Crippen LogP contribution in [0.25, 0.3) is 10.2 Å². The van der Waals surface area contributed by atoms with E-state index < -0.39 is 11.6 Å². The average Bonchev–Trinajstić information content (AvgIpc) is 3.20. The molecule has 0 bridgehead atoms. The largest absolute Gasteiger partial charge is 0.335 e. The van der Waals surface area contributed by atoms with Crippen molar-refractivity contribution in [1.82, 2.24) is 20.1 Å². The molecule has 2 heterocycles. The predicted molar refractivity (Wildman–Crippen MR) is 114 cm³/mol. The summed E-state index contributed by atoms with van der Waals surface area (Å²) in [5, 5.41) is 3.59. The highest BCUT2D eigenvalue weighted by molar-refractivity contribution is 7.18. The van der Waals surface area contributed by atoms with Gasteiger partial charge in [0.2, 0.25) is 5.91 Å². The lowest BCUT2D eigenvalue weighted by Gasteiger charge is -2.26. The molecule has 1 N–H and O–H groups in total. The van der Waals surface area contributed by atoms with Crippen LogP contribution in [0.5, 0.6) is 0 Å². The monoisotopic (exact) mass is 416 g/mol. The Morgan fingerprint density at radius 3 is 2.62 bits per heavy atom. The number of rotatable bonds is 7. The molecule has 8 heteroatoms. The Kier molecular flexibility index (Phi) is 5.93. The van der Waals surface area contributed by atoms with Gasteiger partial charge in [0.15, 0.2) is 0 Å². The van der Waals surface area contributed by atoms with Crippen LogP contribution < -0.4 is 5.32 Å². The van der Waals surface area contributed by atoms with Crippen molar-refractivity contribution in [1.29, 1.82) is 0 Å². The van der Waals surface area contributed by atoms with Crippen molar-refractivity contribution in [2.24, 2.45) is 5.92 Å². The van der Waals surface area contributed by atoms with Crippen molar-refractivity contribution in [3.63, 3.8) is 0 Å². The van der Waals surface area contributed by atoms with Gasteiger partial charge in [-0.25, -0.2) is 9.78 Å². The molecule has 0 radical (unpaired) electrons. The Morgan fingerprint density at radius 2 is 1.97 bits per heavy atom. The van der Waals surface area contributed by atoms with Gasteiger partial charge in [-0.05, 0) is 44.7 Å². The number of hydrogen-bond donors (Lipinski definition) is 1. The van der Waals surface area contributed by atoms with Gasteiger partial charge >= 0.3 is 6.03 Å². The van der Waals surface area contributed by atoms with Crippen molar-refractivity contribution in [3.05, 3.63) is 29.3 Å². The van der Waals surface area contributed by atoms with Crippen molar-refractivity contribution in [3.8, 4) is 0 Å². The van der Waals surface area contributed by atoms with Gasteiger partial charge < -0.3 is 10.2 Å². The summed E-state index contributed by atoms with van der Waals surface area (Å²) in [5.41, 5.74) is -0.0472. The topological polar surface area (TPSA) is 82.6 Å². The molecule has 4 amide bonds. The molecule has 7 nitrogen and oxygen atoms in total. The van der Waals surface area contributed by atoms with Crippen LogP contribution in [-0.2, 0) is 9.59 Å². The quantitative estimate of drug-likeness (QED) is 0.700. The molecule has 2 aromatic rings. The number of imide groups is 1. The molecular weight excluding hydrogens is 388 g/mol. The second kappa shape index (κ2) is 8.10. The second-order valence-electron chi connectivity index (χ2n) is 8.29. The molecule has 0 aliphatic carbocycles. The number of fused-ring (bicyclic) bond motifs is 1. The number of urea groups is 1. The molecule has 1 aromatic carbocycles. The Balaban J connectivity index is 1.68. The maximum Gasteiger partial charge on any atom is 0.325 e. The lowest BCUT2D eigenvalue weighted by molar-refractivity contribution is -0.139. The molecule has 3 rings (SSSR count). The minimum atomic E-state index is -0.946. The van der Waals surface area contributed by atoms with E-state index in [4.69, 9.17) is 0 Å². The van der Waals surface area contributed by atoms with Crippen LogP contribution in [-0.4, -0.2) is 51.8 Å². The Bertz CT molecular complexity index is 908. The number of carbonyl (C=O) groups is 3. The molecule has 1 aromatic heterocycles. The van der Waals surface area contributed by atoms with Crippen LogP contribution in [0.1, 0.15) is 51.6 Å². The van der Waals surface area contributed by atoms with E-state index in [1.807, 2.05) is 31.2 Å². The smallest absolute Gasteiger partial charge is 0.325 e. The first-order chi connectivity index (χ1) is 13.6. The van der Waals surface area contributed by atoms with Crippen molar-refractivity contribution >= 4 is 39.4 Å². The first-order valence-corrected chi connectivity index (χ1v) is 10.7. The fraction of sp³-hybridized carbons (Fsp3) is 0.524. The number of benzene rings is 1. The zero-order valence-corrected chi connectivity index (χ0v) is 18.4. The predicted octanol–water partition coefficient (Wildman–Crippen LogP) is 3.56. The summed E-state index contributed by atoms with van der Waals surface area (Å²) in [6.45, 7) is 7.50. The summed E-state index contributed by atoms with van der Waals surface area (Å²) in [5.74, 6) is -0.209. The number of carbonyl (C=O) groups excluding carboxylic acids is 3. The molecular formula is C21H28N4O3S. The van der Waals surface area contributed by atoms with Crippen LogP contribution in [0.4, 0.5) is 4.79 Å². The number of thiazole rings is 1. The number of likely N-dealkylation sites (N-methyl/N-ethyl adjacent to an activating group) is 1. The number of amides is 4. The first-order valence-electron chi connectivity index (χ1n) is 9.87. The van der Waals surface area contributed by atoms with E-state index in [9.17, 15) is 14.4 Å². The number of hydrogen-bond acceptors (Lipinski definition) is 5. The van der Waals surface area contributed by atoms with Crippen LogP contribution in [0.2, 0.25) is 0 Å². The third-order valence-electron chi connectivity index (χ3n) is 5.50. The summed E-state index contributed by atoms with van der Waals surface area (Å²) < 4.78 is 1.06. The summed E-state index contributed by atoms with van der Waals surface area (Å²) in [6.07, 6.45) is 1.37. The molecule has 0 spiro atoms. The maximum absolute atomic E-state index is 12.8. The van der Waals surface area contributed by atoms with Gasteiger partial charge in [0.1, 0.15) is 17.1 Å². The minimum absolute atomic E-state index is 0.256. The summed E-state index contributed by atoms with van der Waals surface area (Å²) in [7, 11) is 1.68. The van der Waals surface area contributed by atoms with Crippen LogP contribution in [0.3, 0.4) is 0 Å². The highest BCUT2D eigenvalue weighted by Gasteiger charge is 2.48. The van der Waals surface area contributed by atoms with Gasteiger partial charge in [0.05, 0.1) is 16.3 Å². The average molecular weight is 417 g/mol. The third kappa shape index (κ3) is 4.27. The fourth-order valence-corrected chi connectivity index (χ4v) is 4.40. The summed E-state index contributed by atoms with van der Waals surface area (Å²) in [6, 6.07) is 7.06. The third-order valence-corrected chi connectivity index (χ3v) is 6.71. The Hall–Kier alpha value is -2.48. The molecule has 0 saturated carbocycles. The van der Waals surface area contributed by atoms with Gasteiger partial charge in [-0.1, -0.05) is 26.0 Å². The second-order valence-corrected chi connectivity index (χ2v) is 9.35. The van der Waals surface area contributed by atoms with Crippen molar-refractivity contribution in [2.45, 2.75) is 52.1 Å². The van der Waals surface area contributed by atoms with E-state index in [1.54, 1.807) is 18.9 Å². The molecule has 1 aliphatic rings. The first kappa shape index (κ1) is 21.2. The van der Waals surface area contributed by atoms with E-state index in [1.165, 1.54) is 11.3 Å². The van der Waals surface area contributed by atoms with Gasteiger partial charge in [0.25, 0.3) is 5.91 Å². The van der Waals surface area contributed by atoms with E-state index in [0.717, 1.165) is 26.5 Å². The normalized spacial score (nSPS) is 20.4. The van der Waals surface area contributed by atoms with Crippen LogP contribution in [0.15, 0.2) is 24.3 Å². The fourth-order valence-electron chi connectivity index (χ4n) is 3.33. The molecule has 1 fully saturated rings. The lowest BCUT2D eigenvalue weighted by atomic mass is 9.92. The number of aromatic nitrogens is 1. The number of nitrogens with zero attached hydrogens (tertiary/aromatic N) is 3. The van der Waals surface area contributed by atoms with Crippen molar-refractivity contribution in [2.75, 3.05) is 13.6 Å². The van der Waals surface area contributed by atoms with Gasteiger partial charge in [-0.3, -0.25) is 14.5 Å². The molecule has 2 atom stereocenters. The number of nitrogens with one attached hydrogen (secondary N) is 1. The highest BCUT2D eigenvalue weighted by Crippen LogP contribution is 2.29. The molecule has 29 heavy (non-hydrogen) atoms. The summed E-state index contributed by atoms with van der Waals surface area (Å²) >= 11 is 1.54. The Labute approximate surface area is 175 Å². The van der Waals surface area contributed by atoms with E-state index in [-0.39, 0.29) is 24.4 Å². The number of para-hydroxylation sites is 1. The van der Waals surface area contributed by atoms with E-state index in [0.29, 0.717) is 12.3 Å². The maximum atomic E-state index is 12.8. The summed E-state index contributed by atoms with van der Waals surface area (Å²) in [4.78, 5) is 45.2. The van der Waals surface area contributed by atoms with Gasteiger partial charge in [-0.15, -0.1) is 11.3 Å². The molecule has 1 saturated heterocycles. The van der Waals surface area contributed by atoms with Crippen LogP contribution >= 0.6 is 11.3 Å². The van der Waals surface area contributed by atoms with Gasteiger partial charge in [-0.2, -0.15) is 0 Å². The van der Waals surface area contributed by atoms with E-state index >= 15 is 0 Å². The zero-order valence-electron chi connectivity index (χ0n) is 17.6. The molecule has 1 aliphatic heterocycles. The van der Waals surface area contributed by atoms with Gasteiger partial charge in [0, 0.05) is 7.05 Å². The lowest BCUT2D eigenvalue weighted by Crippen LogP contribution is -2.45. The Morgan fingerprint density at radius 1 is 1.28 bits per heavy atom. The van der Waals surface area contributed by atoms with Crippen molar-refractivity contribution < 1.29 is 14.4 Å². The van der Waals surface area contributed by atoms with E-state index in [2.05, 4.69) is 24.1 Å². The van der Waals surface area contributed by atoms with Crippen LogP contribution in [0, 0.1) is 5.92 Å². The minimum Gasteiger partial charge on any atom is -0.335 e. The highest BCUT2D eigenvalue weighted by atomic mass is 32.1. The molecule has 0 unspecified atom stereocenters. The molecule has 156 valence electrons.